The topological polar surface area (TPSA) is 123 Å². The Balaban J connectivity index is 1.71. The van der Waals surface area contributed by atoms with Gasteiger partial charge >= 0.3 is 11.4 Å². The first-order valence-corrected chi connectivity index (χ1v) is 11.5. The SMILES string of the molecule is Cn1cc2cc(Nc3nc(=O)n(-c4cncc(C#N)c4)c(=O)n3Cc3cc(Cl)c(F)cc3F)c(Cl)cc2n1. The number of fused-ring (bicyclic) bond motifs is 1. The molecule has 0 saturated carbocycles. The Labute approximate surface area is 221 Å². The molecule has 38 heavy (non-hydrogen) atoms. The molecule has 0 atom stereocenters. The number of halogens is 4. The molecule has 2 aromatic carbocycles. The molecule has 1 N–H and O–H groups in total. The van der Waals surface area contributed by atoms with Crippen LogP contribution in [0.3, 0.4) is 0 Å². The van der Waals surface area contributed by atoms with E-state index in [9.17, 15) is 23.6 Å². The lowest BCUT2D eigenvalue weighted by Crippen LogP contribution is -2.42. The molecule has 5 aromatic rings. The van der Waals surface area contributed by atoms with Crippen molar-refractivity contribution in [2.24, 2.45) is 7.05 Å². The monoisotopic (exact) mass is 554 g/mol. The van der Waals surface area contributed by atoms with E-state index in [0.717, 1.165) is 10.6 Å². The lowest BCUT2D eigenvalue weighted by molar-refractivity contribution is 0.559. The Morgan fingerprint density at radius 2 is 1.84 bits per heavy atom. The van der Waals surface area contributed by atoms with Gasteiger partial charge in [0, 0.05) is 36.5 Å². The number of nitrogens with zero attached hydrogens (tertiary/aromatic N) is 7. The molecule has 190 valence electrons. The van der Waals surface area contributed by atoms with E-state index in [1.54, 1.807) is 30.1 Å². The van der Waals surface area contributed by atoms with Crippen molar-refractivity contribution >= 4 is 45.7 Å². The van der Waals surface area contributed by atoms with E-state index < -0.39 is 29.6 Å². The van der Waals surface area contributed by atoms with E-state index in [1.165, 1.54) is 18.5 Å². The number of rotatable bonds is 5. The van der Waals surface area contributed by atoms with Gasteiger partial charge in [-0.2, -0.15) is 15.3 Å². The third-order valence-corrected chi connectivity index (χ3v) is 6.16. The first kappa shape index (κ1) is 25.1. The summed E-state index contributed by atoms with van der Waals surface area (Å²) in [5.74, 6) is -2.21. The molecule has 3 heterocycles. The zero-order chi connectivity index (χ0) is 27.1. The second-order valence-corrected chi connectivity index (χ2v) is 8.96. The first-order valence-electron chi connectivity index (χ1n) is 10.8. The highest BCUT2D eigenvalue weighted by Gasteiger charge is 2.19. The van der Waals surface area contributed by atoms with Gasteiger partial charge < -0.3 is 5.32 Å². The van der Waals surface area contributed by atoms with E-state index in [2.05, 4.69) is 20.4 Å². The largest absolute Gasteiger partial charge is 0.359 e. The maximum atomic E-state index is 14.6. The lowest BCUT2D eigenvalue weighted by Gasteiger charge is -2.17. The van der Waals surface area contributed by atoms with Crippen molar-refractivity contribution in [3.63, 3.8) is 0 Å². The fourth-order valence-electron chi connectivity index (χ4n) is 3.81. The molecule has 14 heteroatoms. The smallest absolute Gasteiger partial charge is 0.324 e. The quantitative estimate of drug-likeness (QED) is 0.326. The van der Waals surface area contributed by atoms with Gasteiger partial charge in [-0.25, -0.2) is 22.9 Å². The number of aromatic nitrogens is 6. The average Bonchev–Trinajstić information content (AvgIpc) is 3.23. The Kier molecular flexibility index (Phi) is 6.40. The number of hydrogen-bond donors (Lipinski definition) is 1. The molecule has 0 aliphatic rings. The van der Waals surface area contributed by atoms with Crippen LogP contribution in [-0.2, 0) is 13.6 Å². The molecule has 10 nitrogen and oxygen atoms in total. The summed E-state index contributed by atoms with van der Waals surface area (Å²) >= 11 is 12.3. The Hall–Kier alpha value is -4.60. The van der Waals surface area contributed by atoms with Crippen LogP contribution < -0.4 is 16.7 Å². The van der Waals surface area contributed by atoms with Crippen molar-refractivity contribution in [1.82, 2.24) is 28.9 Å². The molecule has 0 amide bonds. The van der Waals surface area contributed by atoms with E-state index in [1.807, 2.05) is 6.07 Å². The minimum Gasteiger partial charge on any atom is -0.324 e. The van der Waals surface area contributed by atoms with Crippen LogP contribution in [0.25, 0.3) is 16.6 Å². The summed E-state index contributed by atoms with van der Waals surface area (Å²) in [7, 11) is 1.73. The second-order valence-electron chi connectivity index (χ2n) is 8.14. The van der Waals surface area contributed by atoms with Crippen LogP contribution >= 0.6 is 23.2 Å². The first-order chi connectivity index (χ1) is 18.1. The maximum absolute atomic E-state index is 14.6. The fraction of sp³-hybridized carbons (Fsp3) is 0.0833. The molecular weight excluding hydrogens is 541 g/mol. The number of hydrogen-bond acceptors (Lipinski definition) is 7. The standard InChI is InChI=1S/C24H14Cl2F2N8O2/c1-34-10-14-4-21(17(26)5-20(14)33-34)31-22-32-23(37)36(15-2-12(7-29)8-30-9-15)24(38)35(22)11-13-3-16(25)19(28)6-18(13)27/h2-6,8-10H,11H2,1H3,(H,31,32,37). The lowest BCUT2D eigenvalue weighted by atomic mass is 10.2. The predicted molar refractivity (Wildman–Crippen MR) is 136 cm³/mol. The van der Waals surface area contributed by atoms with Crippen molar-refractivity contribution in [3.8, 4) is 11.8 Å². The van der Waals surface area contributed by atoms with E-state index in [0.29, 0.717) is 21.5 Å². The van der Waals surface area contributed by atoms with Crippen molar-refractivity contribution in [3.05, 3.63) is 103 Å². The summed E-state index contributed by atoms with van der Waals surface area (Å²) in [6.45, 7) is -0.488. The zero-order valence-electron chi connectivity index (χ0n) is 19.3. The molecule has 3 aromatic heterocycles. The molecule has 0 saturated heterocycles. The van der Waals surface area contributed by atoms with Crippen molar-refractivity contribution in [1.29, 1.82) is 5.26 Å². The normalized spacial score (nSPS) is 11.1. The second kappa shape index (κ2) is 9.70. The summed E-state index contributed by atoms with van der Waals surface area (Å²) in [6, 6.07) is 8.00. The highest BCUT2D eigenvalue weighted by atomic mass is 35.5. The van der Waals surface area contributed by atoms with Gasteiger partial charge in [0.25, 0.3) is 0 Å². The molecule has 0 aliphatic heterocycles. The molecular formula is C24H14Cl2F2N8O2. The molecule has 5 rings (SSSR count). The summed E-state index contributed by atoms with van der Waals surface area (Å²) in [5, 5.41) is 16.9. The van der Waals surface area contributed by atoms with Crippen LogP contribution in [0.4, 0.5) is 20.4 Å². The van der Waals surface area contributed by atoms with Gasteiger partial charge in [-0.05, 0) is 24.3 Å². The van der Waals surface area contributed by atoms with Crippen LogP contribution in [0.5, 0.6) is 0 Å². The number of benzene rings is 2. The molecule has 0 aliphatic carbocycles. The molecule has 0 radical (unpaired) electrons. The number of anilines is 2. The van der Waals surface area contributed by atoms with Gasteiger partial charge in [0.1, 0.15) is 17.7 Å². The number of aryl methyl sites for hydroxylation is 1. The van der Waals surface area contributed by atoms with Gasteiger partial charge in [-0.15, -0.1) is 0 Å². The molecule has 0 bridgehead atoms. The number of pyridine rings is 1. The Morgan fingerprint density at radius 3 is 2.61 bits per heavy atom. The zero-order valence-corrected chi connectivity index (χ0v) is 20.8. The fourth-order valence-corrected chi connectivity index (χ4v) is 4.20. The van der Waals surface area contributed by atoms with Crippen LogP contribution in [0.1, 0.15) is 11.1 Å². The third kappa shape index (κ3) is 4.60. The third-order valence-electron chi connectivity index (χ3n) is 5.55. The van der Waals surface area contributed by atoms with Crippen LogP contribution in [0, 0.1) is 23.0 Å². The predicted octanol–water partition coefficient (Wildman–Crippen LogP) is 3.92. The average molecular weight is 555 g/mol. The maximum Gasteiger partial charge on any atom is 0.359 e. The summed E-state index contributed by atoms with van der Waals surface area (Å²) in [6.07, 6.45) is 4.19. The van der Waals surface area contributed by atoms with Crippen molar-refractivity contribution in [2.45, 2.75) is 6.54 Å². The van der Waals surface area contributed by atoms with Crippen molar-refractivity contribution in [2.75, 3.05) is 5.32 Å². The minimum absolute atomic E-state index is 0.0285. The van der Waals surface area contributed by atoms with Gasteiger partial charge in [0.2, 0.25) is 5.95 Å². The van der Waals surface area contributed by atoms with Crippen LogP contribution in [-0.4, -0.2) is 28.9 Å². The summed E-state index contributed by atoms with van der Waals surface area (Å²) < 4.78 is 31.6. The highest BCUT2D eigenvalue weighted by molar-refractivity contribution is 6.34. The minimum atomic E-state index is -0.998. The molecule has 0 unspecified atom stereocenters. The summed E-state index contributed by atoms with van der Waals surface area (Å²) in [4.78, 5) is 34.5. The van der Waals surface area contributed by atoms with Crippen molar-refractivity contribution < 1.29 is 8.78 Å². The number of nitrogens with one attached hydrogen (secondary N) is 1. The van der Waals surface area contributed by atoms with E-state index in [4.69, 9.17) is 23.2 Å². The van der Waals surface area contributed by atoms with E-state index in [-0.39, 0.29) is 38.5 Å². The van der Waals surface area contributed by atoms with E-state index >= 15 is 0 Å². The Morgan fingerprint density at radius 1 is 1.05 bits per heavy atom. The Bertz CT molecular complexity index is 1910. The number of nitriles is 1. The van der Waals surface area contributed by atoms with Gasteiger partial charge in [0.05, 0.1) is 45.2 Å². The van der Waals surface area contributed by atoms with Crippen LogP contribution in [0.2, 0.25) is 10.0 Å². The highest BCUT2D eigenvalue weighted by Crippen LogP contribution is 2.29. The van der Waals surface area contributed by atoms with Gasteiger partial charge in [0.15, 0.2) is 0 Å². The summed E-state index contributed by atoms with van der Waals surface area (Å²) in [5.41, 5.74) is -1.13. The van der Waals surface area contributed by atoms with Gasteiger partial charge in [-0.3, -0.25) is 14.2 Å². The van der Waals surface area contributed by atoms with Gasteiger partial charge in [-0.1, -0.05) is 23.2 Å². The molecule has 0 fully saturated rings. The van der Waals surface area contributed by atoms with Crippen LogP contribution in [0.15, 0.2) is 58.5 Å². The molecule has 0 spiro atoms.